The number of benzene rings is 4. The van der Waals surface area contributed by atoms with Gasteiger partial charge < -0.3 is 10.4 Å². The number of nitrogens with one attached hydrogen (secondary N) is 1. The molecule has 0 unspecified atom stereocenters. The van der Waals surface area contributed by atoms with Crippen LogP contribution in [0.1, 0.15) is 6.92 Å². The Morgan fingerprint density at radius 1 is 0.652 bits per heavy atom. The van der Waals surface area contributed by atoms with E-state index in [1.54, 1.807) is 0 Å². The van der Waals surface area contributed by atoms with Gasteiger partial charge in [-0.3, -0.25) is 18.5 Å². The SMILES string of the molecule is CC(=O)Nc1ccc2c(O)c(N=Nc3ccc(N=Nc4ccc(S(=O)(=O)O)cc4)cc3S(=O)(=O)O)c(S(=O)(=O)O)cc2c1.[Na].[Na].[Na]. The van der Waals surface area contributed by atoms with Gasteiger partial charge in [0.15, 0.2) is 5.75 Å². The molecule has 0 bridgehead atoms. The number of phenolic OH excluding ortho intramolecular Hbond substituents is 1. The van der Waals surface area contributed by atoms with Crippen LogP contribution in [-0.4, -0.2) is 139 Å². The second-order valence-corrected chi connectivity index (χ2v) is 12.9. The molecule has 16 nitrogen and oxygen atoms in total. The summed E-state index contributed by atoms with van der Waals surface area (Å²) in [6.07, 6.45) is 0. The molecule has 1 amide bonds. The Kier molecular flexibility index (Phi) is 15.3. The van der Waals surface area contributed by atoms with Gasteiger partial charge in [0.05, 0.1) is 16.3 Å². The normalized spacial score (nSPS) is 11.9. The van der Waals surface area contributed by atoms with Crippen LogP contribution in [0.25, 0.3) is 10.8 Å². The second-order valence-electron chi connectivity index (χ2n) is 8.66. The van der Waals surface area contributed by atoms with Gasteiger partial charge in [-0.2, -0.15) is 35.5 Å². The van der Waals surface area contributed by atoms with E-state index in [0.717, 1.165) is 30.3 Å². The van der Waals surface area contributed by atoms with Crippen molar-refractivity contribution >= 4 is 164 Å². The molecule has 4 rings (SSSR count). The number of nitrogens with zero attached hydrogens (tertiary/aromatic N) is 4. The molecule has 227 valence electrons. The van der Waals surface area contributed by atoms with Crippen LogP contribution in [0.5, 0.6) is 5.75 Å². The average molecular weight is 719 g/mol. The number of amides is 1. The summed E-state index contributed by atoms with van der Waals surface area (Å²) in [5, 5.41) is 28.4. The number of hydrogen-bond donors (Lipinski definition) is 5. The van der Waals surface area contributed by atoms with Crippen molar-refractivity contribution in [2.24, 2.45) is 20.5 Å². The Balaban J connectivity index is 0.00000353. The number of aromatic hydroxyl groups is 1. The third-order valence-electron chi connectivity index (χ3n) is 5.54. The van der Waals surface area contributed by atoms with E-state index in [2.05, 4.69) is 25.8 Å². The fourth-order valence-electron chi connectivity index (χ4n) is 3.68. The van der Waals surface area contributed by atoms with Gasteiger partial charge in [-0.1, -0.05) is 0 Å². The van der Waals surface area contributed by atoms with Gasteiger partial charge in [0.25, 0.3) is 30.4 Å². The molecule has 3 radical (unpaired) electrons. The van der Waals surface area contributed by atoms with Crippen molar-refractivity contribution < 1.29 is 48.8 Å². The van der Waals surface area contributed by atoms with Gasteiger partial charge in [0.1, 0.15) is 21.2 Å². The van der Waals surface area contributed by atoms with Crippen molar-refractivity contribution in [3.05, 3.63) is 66.7 Å². The number of anilines is 1. The molecule has 22 heteroatoms. The third kappa shape index (κ3) is 10.7. The van der Waals surface area contributed by atoms with Crippen LogP contribution in [-0.2, 0) is 35.1 Å². The van der Waals surface area contributed by atoms with Gasteiger partial charge >= 0.3 is 0 Å². The van der Waals surface area contributed by atoms with E-state index in [4.69, 9.17) is 4.55 Å². The summed E-state index contributed by atoms with van der Waals surface area (Å²) in [6.45, 7) is 1.25. The van der Waals surface area contributed by atoms with E-state index >= 15 is 0 Å². The zero-order valence-corrected chi connectivity index (χ0v) is 33.0. The molecule has 0 atom stereocenters. The molecular formula is C24H19N5Na3O11S3. The summed E-state index contributed by atoms with van der Waals surface area (Å²) in [5.41, 5.74) is -0.993. The first kappa shape index (κ1) is 42.4. The molecule has 0 saturated heterocycles. The maximum Gasteiger partial charge on any atom is 0.296 e. The molecule has 0 aliphatic carbocycles. The molecule has 0 heterocycles. The zero-order chi connectivity index (χ0) is 31.7. The van der Waals surface area contributed by atoms with E-state index in [-0.39, 0.29) is 121 Å². The second kappa shape index (κ2) is 16.6. The van der Waals surface area contributed by atoms with Crippen molar-refractivity contribution in [1.82, 2.24) is 0 Å². The van der Waals surface area contributed by atoms with Gasteiger partial charge in [0, 0.05) is 107 Å². The maximum absolute atomic E-state index is 12.1. The van der Waals surface area contributed by atoms with Crippen LogP contribution in [0.2, 0.25) is 0 Å². The number of azo groups is 2. The summed E-state index contributed by atoms with van der Waals surface area (Å²) in [5.74, 6) is -1.16. The van der Waals surface area contributed by atoms with Crippen LogP contribution in [0, 0.1) is 0 Å². The summed E-state index contributed by atoms with van der Waals surface area (Å²) < 4.78 is 99.3. The summed E-state index contributed by atoms with van der Waals surface area (Å²) in [4.78, 5) is 9.25. The smallest absolute Gasteiger partial charge is 0.296 e. The monoisotopic (exact) mass is 718 g/mol. The minimum atomic E-state index is -5.02. The minimum absolute atomic E-state index is 0. The van der Waals surface area contributed by atoms with Crippen LogP contribution in [0.4, 0.5) is 28.4 Å². The predicted molar refractivity (Wildman–Crippen MR) is 168 cm³/mol. The minimum Gasteiger partial charge on any atom is -0.505 e. The molecule has 0 aliphatic heterocycles. The third-order valence-corrected chi connectivity index (χ3v) is 8.16. The van der Waals surface area contributed by atoms with Crippen LogP contribution < -0.4 is 5.32 Å². The van der Waals surface area contributed by atoms with Gasteiger partial charge in [0.2, 0.25) is 5.91 Å². The Labute approximate surface area is 328 Å². The first-order chi connectivity index (χ1) is 19.9. The van der Waals surface area contributed by atoms with Crippen molar-refractivity contribution in [2.75, 3.05) is 5.32 Å². The molecule has 4 aromatic carbocycles. The number of carbonyl (C=O) groups excluding carboxylic acids is 1. The van der Waals surface area contributed by atoms with E-state index in [0.29, 0.717) is 0 Å². The molecule has 46 heavy (non-hydrogen) atoms. The van der Waals surface area contributed by atoms with E-state index in [1.165, 1.54) is 43.3 Å². The number of rotatable bonds is 8. The predicted octanol–water partition coefficient (Wildman–Crippen LogP) is 3.93. The van der Waals surface area contributed by atoms with Crippen LogP contribution in [0.3, 0.4) is 0 Å². The Hall–Kier alpha value is -1.66. The van der Waals surface area contributed by atoms with E-state index in [1.807, 2.05) is 0 Å². The Morgan fingerprint density at radius 3 is 1.76 bits per heavy atom. The maximum atomic E-state index is 12.1. The summed E-state index contributed by atoms with van der Waals surface area (Å²) in [7, 11) is -14.4. The molecule has 0 spiro atoms. The molecule has 4 aromatic rings. The van der Waals surface area contributed by atoms with Crippen LogP contribution >= 0.6 is 0 Å². The van der Waals surface area contributed by atoms with Crippen molar-refractivity contribution in [2.45, 2.75) is 21.6 Å². The van der Waals surface area contributed by atoms with E-state index < -0.39 is 63.2 Å². The van der Waals surface area contributed by atoms with Crippen LogP contribution in [0.15, 0.2) is 102 Å². The summed E-state index contributed by atoms with van der Waals surface area (Å²) >= 11 is 0. The Morgan fingerprint density at radius 2 is 1.22 bits per heavy atom. The number of fused-ring (bicyclic) bond motifs is 1. The van der Waals surface area contributed by atoms with Crippen molar-refractivity contribution in [1.29, 1.82) is 0 Å². The Bertz CT molecular complexity index is 2180. The number of hydrogen-bond acceptors (Lipinski definition) is 12. The number of carbonyl (C=O) groups is 1. The fourth-order valence-corrected chi connectivity index (χ4v) is 5.46. The fraction of sp³-hybridized carbons (Fsp3) is 0.0417. The van der Waals surface area contributed by atoms with Gasteiger partial charge in [-0.15, -0.1) is 10.2 Å². The summed E-state index contributed by atoms with van der Waals surface area (Å²) in [6, 6.07) is 12.7. The van der Waals surface area contributed by atoms with Gasteiger partial charge in [-0.25, -0.2) is 0 Å². The quantitative estimate of drug-likeness (QED) is 0.0990. The first-order valence-corrected chi connectivity index (χ1v) is 15.8. The number of phenols is 1. The van der Waals surface area contributed by atoms with Crippen molar-refractivity contribution in [3.63, 3.8) is 0 Å². The van der Waals surface area contributed by atoms with Gasteiger partial charge in [-0.05, 0) is 72.1 Å². The topological polar surface area (TPSA) is 262 Å². The zero-order valence-electron chi connectivity index (χ0n) is 24.5. The average Bonchev–Trinajstić information content (AvgIpc) is 2.89. The van der Waals surface area contributed by atoms with Crippen molar-refractivity contribution in [3.8, 4) is 5.75 Å². The molecule has 0 aromatic heterocycles. The van der Waals surface area contributed by atoms with E-state index in [9.17, 15) is 44.3 Å². The largest absolute Gasteiger partial charge is 0.505 e. The molecule has 5 N–H and O–H groups in total. The molecule has 0 saturated carbocycles. The molecular weight excluding hydrogens is 699 g/mol. The standard InChI is InChI=1S/C24H19N5O11S3.3Na/c1-13(30)25-16-4-8-19-14(10-16)11-22(43(38,39)40)23(24(19)31)29-28-20-9-5-17(12-21(20)42(35,36)37)27-26-15-2-6-18(7-3-15)41(32,33)34;;;/h2-12,31H,1H3,(H,25,30)(H,32,33,34)(H,35,36,37)(H,38,39,40);;;. The molecule has 0 fully saturated rings. The molecule has 0 aliphatic rings. The first-order valence-electron chi connectivity index (χ1n) is 11.5.